The Bertz CT molecular complexity index is 702. The molecule has 1 aromatic carbocycles. The van der Waals surface area contributed by atoms with Gasteiger partial charge in [0.2, 0.25) is 5.91 Å². The number of anilines is 1. The Labute approximate surface area is 169 Å². The molecule has 26 heavy (non-hydrogen) atoms. The fourth-order valence-corrected chi connectivity index (χ4v) is 5.25. The molecule has 142 valence electrons. The van der Waals surface area contributed by atoms with E-state index in [1.54, 1.807) is 23.1 Å². The van der Waals surface area contributed by atoms with Crippen LogP contribution in [0.25, 0.3) is 0 Å². The van der Waals surface area contributed by atoms with E-state index in [1.165, 1.54) is 22.9 Å². The number of hydrogen-bond donors (Lipinski definition) is 1. The first-order chi connectivity index (χ1) is 12.4. The monoisotopic (exact) mass is 409 g/mol. The highest BCUT2D eigenvalue weighted by atomic mass is 32.2. The molecule has 2 aromatic rings. The Morgan fingerprint density at radius 3 is 2.19 bits per heavy atom. The van der Waals surface area contributed by atoms with Crippen molar-refractivity contribution in [3.8, 4) is 0 Å². The van der Waals surface area contributed by atoms with E-state index in [1.807, 2.05) is 0 Å². The molecule has 0 spiro atoms. The highest BCUT2D eigenvalue weighted by molar-refractivity contribution is 8.03. The second-order valence-electron chi connectivity index (χ2n) is 6.64. The van der Waals surface area contributed by atoms with Crippen LogP contribution in [0.1, 0.15) is 64.0 Å². The largest absolute Gasteiger partial charge is 0.325 e. The lowest BCUT2D eigenvalue weighted by atomic mass is 9.92. The molecule has 1 aromatic heterocycles. The molecule has 0 aliphatic rings. The standard InChI is InChI=1S/C19H27N3OS3/c1-6-10-24-18-21-22-19(26-18)25-11-16(23)20-17-14(12(2)3)8-7-9-15(17)13(4)5/h7-9,12-13H,6,10-11H2,1-5H3,(H,20,23). The predicted octanol–water partition coefficient (Wildman–Crippen LogP) is 6.02. The van der Waals surface area contributed by atoms with Crippen LogP contribution in [0, 0.1) is 0 Å². The molecule has 0 atom stereocenters. The Morgan fingerprint density at radius 1 is 1.08 bits per heavy atom. The fraction of sp³-hybridized carbons (Fsp3) is 0.526. The summed E-state index contributed by atoms with van der Waals surface area (Å²) in [5.74, 6) is 2.11. The maximum Gasteiger partial charge on any atom is 0.234 e. The zero-order valence-corrected chi connectivity index (χ0v) is 18.5. The van der Waals surface area contributed by atoms with Crippen LogP contribution in [-0.2, 0) is 4.79 Å². The molecule has 0 saturated carbocycles. The van der Waals surface area contributed by atoms with Crippen molar-refractivity contribution in [3.05, 3.63) is 29.3 Å². The van der Waals surface area contributed by atoms with Crippen molar-refractivity contribution in [2.75, 3.05) is 16.8 Å². The Balaban J connectivity index is 2.02. The molecule has 0 aliphatic heterocycles. The highest BCUT2D eigenvalue weighted by Crippen LogP contribution is 2.33. The summed E-state index contributed by atoms with van der Waals surface area (Å²) in [5.41, 5.74) is 3.34. The van der Waals surface area contributed by atoms with Crippen molar-refractivity contribution >= 4 is 46.5 Å². The average Bonchev–Trinajstić information content (AvgIpc) is 3.05. The number of thioether (sulfide) groups is 2. The third-order valence-corrected chi connectivity index (χ3v) is 7.18. The Morgan fingerprint density at radius 2 is 1.65 bits per heavy atom. The number of nitrogens with one attached hydrogen (secondary N) is 1. The number of carbonyl (C=O) groups is 1. The molecule has 0 unspecified atom stereocenters. The SMILES string of the molecule is CCCSc1nnc(SCC(=O)Nc2c(C(C)C)cccc2C(C)C)s1. The van der Waals surface area contributed by atoms with Crippen LogP contribution in [0.5, 0.6) is 0 Å². The van der Waals surface area contributed by atoms with Crippen molar-refractivity contribution < 1.29 is 4.79 Å². The van der Waals surface area contributed by atoms with Gasteiger partial charge in [-0.25, -0.2) is 0 Å². The molecule has 0 bridgehead atoms. The van der Waals surface area contributed by atoms with E-state index >= 15 is 0 Å². The summed E-state index contributed by atoms with van der Waals surface area (Å²) in [6.45, 7) is 10.8. The first-order valence-electron chi connectivity index (χ1n) is 8.94. The van der Waals surface area contributed by atoms with Gasteiger partial charge in [0, 0.05) is 11.4 Å². The van der Waals surface area contributed by atoms with Crippen LogP contribution >= 0.6 is 34.9 Å². The number of aromatic nitrogens is 2. The van der Waals surface area contributed by atoms with E-state index in [-0.39, 0.29) is 5.91 Å². The van der Waals surface area contributed by atoms with Crippen LogP contribution in [0.3, 0.4) is 0 Å². The zero-order valence-electron chi connectivity index (χ0n) is 16.0. The second kappa shape index (κ2) is 10.3. The van der Waals surface area contributed by atoms with Gasteiger partial charge in [0.15, 0.2) is 8.68 Å². The molecule has 0 saturated heterocycles. The van der Waals surface area contributed by atoms with E-state index < -0.39 is 0 Å². The minimum Gasteiger partial charge on any atom is -0.325 e. The lowest BCUT2D eigenvalue weighted by Crippen LogP contribution is -2.17. The first kappa shape index (κ1) is 21.3. The lowest BCUT2D eigenvalue weighted by molar-refractivity contribution is -0.113. The summed E-state index contributed by atoms with van der Waals surface area (Å²) in [7, 11) is 0. The molecule has 0 aliphatic carbocycles. The van der Waals surface area contributed by atoms with E-state index in [2.05, 4.69) is 68.3 Å². The summed E-state index contributed by atoms with van der Waals surface area (Å²) in [6, 6.07) is 6.27. The van der Waals surface area contributed by atoms with Gasteiger partial charge in [-0.1, -0.05) is 87.7 Å². The number of benzene rings is 1. The van der Waals surface area contributed by atoms with Crippen molar-refractivity contribution in [2.45, 2.75) is 61.6 Å². The van der Waals surface area contributed by atoms with Gasteiger partial charge in [-0.2, -0.15) is 0 Å². The van der Waals surface area contributed by atoms with E-state index in [4.69, 9.17) is 0 Å². The Kier molecular flexibility index (Phi) is 8.44. The molecule has 4 nitrogen and oxygen atoms in total. The van der Waals surface area contributed by atoms with Gasteiger partial charge in [-0.15, -0.1) is 10.2 Å². The number of carbonyl (C=O) groups excluding carboxylic acids is 1. The number of hydrogen-bond acceptors (Lipinski definition) is 6. The third kappa shape index (κ3) is 5.99. The molecular weight excluding hydrogens is 382 g/mol. The highest BCUT2D eigenvalue weighted by Gasteiger charge is 2.16. The average molecular weight is 410 g/mol. The third-order valence-electron chi connectivity index (χ3n) is 3.78. The number of para-hydroxylation sites is 1. The number of nitrogens with zero attached hydrogens (tertiary/aromatic N) is 2. The molecule has 1 heterocycles. The molecule has 1 amide bonds. The van der Waals surface area contributed by atoms with Crippen molar-refractivity contribution in [1.29, 1.82) is 0 Å². The quantitative estimate of drug-likeness (QED) is 0.513. The maximum atomic E-state index is 12.5. The van der Waals surface area contributed by atoms with Crippen LogP contribution in [0.15, 0.2) is 26.9 Å². The van der Waals surface area contributed by atoms with Crippen molar-refractivity contribution in [3.63, 3.8) is 0 Å². The summed E-state index contributed by atoms with van der Waals surface area (Å²) in [4.78, 5) is 12.5. The van der Waals surface area contributed by atoms with Crippen LogP contribution in [-0.4, -0.2) is 27.6 Å². The van der Waals surface area contributed by atoms with E-state index in [0.717, 1.165) is 26.5 Å². The molecule has 0 fully saturated rings. The van der Waals surface area contributed by atoms with Crippen molar-refractivity contribution in [1.82, 2.24) is 10.2 Å². The first-order valence-corrected chi connectivity index (χ1v) is 11.7. The summed E-state index contributed by atoms with van der Waals surface area (Å²) in [5, 5.41) is 11.5. The lowest BCUT2D eigenvalue weighted by Gasteiger charge is -2.20. The van der Waals surface area contributed by atoms with Gasteiger partial charge < -0.3 is 5.32 Å². The number of amides is 1. The Hall–Kier alpha value is -1.05. The van der Waals surface area contributed by atoms with E-state index in [9.17, 15) is 4.79 Å². The van der Waals surface area contributed by atoms with Gasteiger partial charge in [0.25, 0.3) is 0 Å². The van der Waals surface area contributed by atoms with Gasteiger partial charge >= 0.3 is 0 Å². The molecule has 2 rings (SSSR count). The van der Waals surface area contributed by atoms with Gasteiger partial charge in [-0.05, 0) is 29.4 Å². The number of rotatable bonds is 9. The molecular formula is C19H27N3OS3. The van der Waals surface area contributed by atoms with Gasteiger partial charge in [0.05, 0.1) is 5.75 Å². The zero-order chi connectivity index (χ0) is 19.1. The molecule has 0 radical (unpaired) electrons. The van der Waals surface area contributed by atoms with Crippen LogP contribution in [0.2, 0.25) is 0 Å². The van der Waals surface area contributed by atoms with Crippen LogP contribution in [0.4, 0.5) is 5.69 Å². The summed E-state index contributed by atoms with van der Waals surface area (Å²) in [6.07, 6.45) is 1.11. The minimum atomic E-state index is 0.00274. The maximum absolute atomic E-state index is 12.5. The molecule has 7 heteroatoms. The van der Waals surface area contributed by atoms with Crippen LogP contribution < -0.4 is 5.32 Å². The minimum absolute atomic E-state index is 0.00274. The van der Waals surface area contributed by atoms with Gasteiger partial charge in [-0.3, -0.25) is 4.79 Å². The van der Waals surface area contributed by atoms with Gasteiger partial charge in [0.1, 0.15) is 0 Å². The molecule has 1 N–H and O–H groups in total. The van der Waals surface area contributed by atoms with Crippen molar-refractivity contribution in [2.24, 2.45) is 0 Å². The topological polar surface area (TPSA) is 54.9 Å². The predicted molar refractivity (Wildman–Crippen MR) is 115 cm³/mol. The fourth-order valence-electron chi connectivity index (χ4n) is 2.50. The normalized spacial score (nSPS) is 11.3. The van der Waals surface area contributed by atoms with E-state index in [0.29, 0.717) is 17.6 Å². The second-order valence-corrected chi connectivity index (χ2v) is 10.2. The summed E-state index contributed by atoms with van der Waals surface area (Å²) < 4.78 is 1.82. The smallest absolute Gasteiger partial charge is 0.234 e. The summed E-state index contributed by atoms with van der Waals surface area (Å²) >= 11 is 4.73.